The largest absolute Gasteiger partial charge is 0.437 e. The highest BCUT2D eigenvalue weighted by molar-refractivity contribution is 6.34. The van der Waals surface area contributed by atoms with Crippen molar-refractivity contribution < 1.29 is 27.5 Å². The van der Waals surface area contributed by atoms with Crippen LogP contribution in [0.4, 0.5) is 24.7 Å². The van der Waals surface area contributed by atoms with Crippen LogP contribution in [0, 0.1) is 5.92 Å². The Balaban J connectivity index is 0.00000195. The zero-order valence-corrected chi connectivity index (χ0v) is 21.3. The van der Waals surface area contributed by atoms with Crippen LogP contribution in [0.15, 0.2) is 67.0 Å². The molecule has 2 amide bonds. The molecule has 1 aliphatic carbocycles. The zero-order chi connectivity index (χ0) is 27.9. The van der Waals surface area contributed by atoms with Crippen molar-refractivity contribution in [2.45, 2.75) is 32.9 Å². The molecule has 8 nitrogen and oxygen atoms in total. The molecule has 1 saturated carbocycles. The fourth-order valence-corrected chi connectivity index (χ4v) is 3.20. The SMILES string of the molecule is C=C(NC(=O)C1CC1)Nc1ccc(Oc2ccc(Cl)c(NC(=O)c3cccc(C(F)(F)F)c3)c2)nn1.CC. The number of ether oxygens (including phenoxy) is 1. The number of rotatable bonds is 8. The van der Waals surface area contributed by atoms with Gasteiger partial charge < -0.3 is 20.7 Å². The minimum Gasteiger partial charge on any atom is -0.437 e. The number of carbonyl (C=O) groups is 2. The molecule has 0 bridgehead atoms. The highest BCUT2D eigenvalue weighted by atomic mass is 35.5. The maximum absolute atomic E-state index is 12.9. The highest BCUT2D eigenvalue weighted by Gasteiger charge is 2.31. The molecule has 0 atom stereocenters. The Morgan fingerprint density at radius 2 is 1.76 bits per heavy atom. The van der Waals surface area contributed by atoms with Crippen LogP contribution >= 0.6 is 11.6 Å². The first-order valence-corrected chi connectivity index (χ1v) is 12.0. The van der Waals surface area contributed by atoms with E-state index in [0.717, 1.165) is 31.0 Å². The van der Waals surface area contributed by atoms with Crippen molar-refractivity contribution in [2.75, 3.05) is 10.6 Å². The Labute approximate surface area is 222 Å². The van der Waals surface area contributed by atoms with Gasteiger partial charge in [0.2, 0.25) is 11.8 Å². The molecular weight excluding hydrogens is 523 g/mol. The standard InChI is InChI=1S/C24H19ClF3N5O3.C2H6/c1-13(30-22(34)14-5-6-14)29-20-9-10-21(33-32-20)36-17-7-8-18(25)19(12-17)31-23(35)15-3-2-4-16(11-15)24(26,27)28;1-2/h2-4,7-12,14H,1,5-6H2,(H,29,32)(H,30,34)(H,31,35);1-2H3. The molecule has 4 rings (SSSR count). The molecule has 2 aromatic carbocycles. The first-order valence-electron chi connectivity index (χ1n) is 11.6. The molecule has 1 heterocycles. The van der Waals surface area contributed by atoms with E-state index in [9.17, 15) is 22.8 Å². The van der Waals surface area contributed by atoms with E-state index >= 15 is 0 Å². The molecule has 1 aliphatic rings. The average Bonchev–Trinajstić information content (AvgIpc) is 3.74. The normalized spacial score (nSPS) is 12.5. The van der Waals surface area contributed by atoms with E-state index in [1.807, 2.05) is 13.8 Å². The number of carbonyl (C=O) groups excluding carboxylic acids is 2. The predicted octanol–water partition coefficient (Wildman–Crippen LogP) is 6.63. The van der Waals surface area contributed by atoms with Crippen LogP contribution in [0.1, 0.15) is 42.6 Å². The Bertz CT molecular complexity index is 1310. The van der Waals surface area contributed by atoms with E-state index in [4.69, 9.17) is 16.3 Å². The van der Waals surface area contributed by atoms with Crippen LogP contribution in [-0.2, 0) is 11.0 Å². The van der Waals surface area contributed by atoms with Gasteiger partial charge in [-0.3, -0.25) is 9.59 Å². The number of amides is 2. The molecule has 0 spiro atoms. The molecule has 0 aliphatic heterocycles. The first-order chi connectivity index (χ1) is 18.1. The van der Waals surface area contributed by atoms with E-state index in [2.05, 4.69) is 32.7 Å². The number of hydrogen-bond donors (Lipinski definition) is 3. The molecule has 3 aromatic rings. The van der Waals surface area contributed by atoms with Crippen molar-refractivity contribution in [1.82, 2.24) is 15.5 Å². The summed E-state index contributed by atoms with van der Waals surface area (Å²) in [7, 11) is 0. The molecule has 200 valence electrons. The maximum atomic E-state index is 12.9. The summed E-state index contributed by atoms with van der Waals surface area (Å²) < 4.78 is 44.5. The van der Waals surface area contributed by atoms with Crippen LogP contribution in [-0.4, -0.2) is 22.0 Å². The fraction of sp³-hybridized carbons (Fsp3) is 0.231. The zero-order valence-electron chi connectivity index (χ0n) is 20.5. The highest BCUT2D eigenvalue weighted by Crippen LogP contribution is 2.32. The summed E-state index contributed by atoms with van der Waals surface area (Å²) in [5.41, 5.74) is -0.995. The smallest absolute Gasteiger partial charge is 0.416 e. The van der Waals surface area contributed by atoms with Gasteiger partial charge in [0.15, 0.2) is 5.82 Å². The lowest BCUT2D eigenvalue weighted by atomic mass is 10.1. The van der Waals surface area contributed by atoms with E-state index in [1.54, 1.807) is 6.07 Å². The average molecular weight is 548 g/mol. The minimum atomic E-state index is -4.58. The molecule has 0 radical (unpaired) electrons. The summed E-state index contributed by atoms with van der Waals surface area (Å²) in [4.78, 5) is 24.3. The van der Waals surface area contributed by atoms with Gasteiger partial charge in [-0.1, -0.05) is 38.1 Å². The Morgan fingerprint density at radius 1 is 1.03 bits per heavy atom. The number of benzene rings is 2. The summed E-state index contributed by atoms with van der Waals surface area (Å²) in [6.07, 6.45) is -2.84. The predicted molar refractivity (Wildman–Crippen MR) is 138 cm³/mol. The molecule has 0 saturated heterocycles. The van der Waals surface area contributed by atoms with Crippen LogP contribution in [0.5, 0.6) is 11.6 Å². The number of nitrogens with one attached hydrogen (secondary N) is 3. The van der Waals surface area contributed by atoms with E-state index in [0.29, 0.717) is 5.82 Å². The van der Waals surface area contributed by atoms with Gasteiger partial charge in [0.1, 0.15) is 11.6 Å². The van der Waals surface area contributed by atoms with Gasteiger partial charge in [0, 0.05) is 23.6 Å². The van der Waals surface area contributed by atoms with E-state index in [-0.39, 0.29) is 45.5 Å². The summed E-state index contributed by atoms with van der Waals surface area (Å²) >= 11 is 6.14. The minimum absolute atomic E-state index is 0.0320. The van der Waals surface area contributed by atoms with E-state index < -0.39 is 17.6 Å². The lowest BCUT2D eigenvalue weighted by Gasteiger charge is -2.12. The Morgan fingerprint density at radius 3 is 2.39 bits per heavy atom. The molecule has 0 unspecified atom stereocenters. The summed E-state index contributed by atoms with van der Waals surface area (Å²) in [6.45, 7) is 7.73. The van der Waals surface area contributed by atoms with Gasteiger partial charge in [-0.05, 0) is 49.2 Å². The second kappa shape index (κ2) is 12.4. The number of halogens is 4. The van der Waals surface area contributed by atoms with Crippen molar-refractivity contribution >= 4 is 34.9 Å². The number of nitrogens with zero attached hydrogens (tertiary/aromatic N) is 2. The topological polar surface area (TPSA) is 105 Å². The third-order valence-electron chi connectivity index (χ3n) is 5.00. The van der Waals surface area contributed by atoms with Crippen molar-refractivity contribution in [3.8, 4) is 11.6 Å². The van der Waals surface area contributed by atoms with Crippen LogP contribution in [0.2, 0.25) is 5.02 Å². The quantitative estimate of drug-likeness (QED) is 0.292. The third kappa shape index (κ3) is 7.94. The summed E-state index contributed by atoms with van der Waals surface area (Å²) in [5.74, 6) is 0.121. The third-order valence-corrected chi connectivity index (χ3v) is 5.33. The van der Waals surface area contributed by atoms with Gasteiger partial charge in [0.05, 0.1) is 16.3 Å². The Kier molecular flexibility index (Phi) is 9.30. The molecule has 3 N–H and O–H groups in total. The van der Waals surface area contributed by atoms with Gasteiger partial charge in [-0.25, -0.2) is 0 Å². The van der Waals surface area contributed by atoms with Crippen LogP contribution < -0.4 is 20.7 Å². The second-order valence-corrected chi connectivity index (χ2v) is 8.31. The van der Waals surface area contributed by atoms with Gasteiger partial charge in [0.25, 0.3) is 5.91 Å². The summed E-state index contributed by atoms with van der Waals surface area (Å²) in [5, 5.41) is 16.0. The van der Waals surface area contributed by atoms with Crippen molar-refractivity contribution in [1.29, 1.82) is 0 Å². The molecular formula is C26H25ClF3N5O3. The summed E-state index contributed by atoms with van der Waals surface area (Å²) in [6, 6.07) is 11.5. The lowest BCUT2D eigenvalue weighted by Crippen LogP contribution is -2.27. The van der Waals surface area contributed by atoms with Crippen LogP contribution in [0.3, 0.4) is 0 Å². The van der Waals surface area contributed by atoms with Gasteiger partial charge in [-0.2, -0.15) is 13.2 Å². The fourth-order valence-electron chi connectivity index (χ4n) is 3.04. The number of anilines is 2. The second-order valence-electron chi connectivity index (χ2n) is 7.90. The number of alkyl halides is 3. The molecule has 1 aromatic heterocycles. The Hall–Kier alpha value is -4.12. The number of hydrogen-bond acceptors (Lipinski definition) is 6. The van der Waals surface area contributed by atoms with Gasteiger partial charge in [-0.15, -0.1) is 10.2 Å². The number of aromatic nitrogens is 2. The molecule has 1 fully saturated rings. The monoisotopic (exact) mass is 547 g/mol. The van der Waals surface area contributed by atoms with Crippen molar-refractivity contribution in [3.05, 3.63) is 83.1 Å². The molecule has 38 heavy (non-hydrogen) atoms. The first kappa shape index (κ1) is 28.5. The van der Waals surface area contributed by atoms with Crippen molar-refractivity contribution in [3.63, 3.8) is 0 Å². The van der Waals surface area contributed by atoms with Crippen molar-refractivity contribution in [2.24, 2.45) is 5.92 Å². The van der Waals surface area contributed by atoms with Gasteiger partial charge >= 0.3 is 6.18 Å². The van der Waals surface area contributed by atoms with Crippen LogP contribution in [0.25, 0.3) is 0 Å². The maximum Gasteiger partial charge on any atom is 0.416 e. The molecule has 12 heteroatoms. The lowest BCUT2D eigenvalue weighted by molar-refractivity contribution is -0.137. The van der Waals surface area contributed by atoms with E-state index in [1.165, 1.54) is 30.3 Å².